The zero-order valence-corrected chi connectivity index (χ0v) is 15.2. The van der Waals surface area contributed by atoms with Crippen molar-refractivity contribution in [2.24, 2.45) is 5.73 Å². The van der Waals surface area contributed by atoms with Crippen molar-refractivity contribution >= 4 is 34.5 Å². The van der Waals surface area contributed by atoms with Crippen LogP contribution in [0.15, 0.2) is 66.7 Å². The number of benzene rings is 3. The predicted molar refractivity (Wildman–Crippen MR) is 107 cm³/mol. The van der Waals surface area contributed by atoms with Gasteiger partial charge in [-0.2, -0.15) is 0 Å². The lowest BCUT2D eigenvalue weighted by atomic mass is 10.0. The molecule has 1 amide bonds. The van der Waals surface area contributed by atoms with Gasteiger partial charge < -0.3 is 15.5 Å². The molecular formula is C21H14ClN3O3. The van der Waals surface area contributed by atoms with Crippen LogP contribution in [0.25, 0.3) is 22.4 Å². The van der Waals surface area contributed by atoms with Gasteiger partial charge in [-0.1, -0.05) is 35.9 Å². The molecule has 0 bridgehead atoms. The highest BCUT2D eigenvalue weighted by Crippen LogP contribution is 2.24. The van der Waals surface area contributed by atoms with Crippen LogP contribution in [-0.4, -0.2) is 21.8 Å². The quantitative estimate of drug-likeness (QED) is 0.498. The van der Waals surface area contributed by atoms with Crippen molar-refractivity contribution in [1.82, 2.24) is 9.97 Å². The number of halogens is 1. The summed E-state index contributed by atoms with van der Waals surface area (Å²) in [7, 11) is 0. The fourth-order valence-corrected chi connectivity index (χ4v) is 2.98. The molecule has 138 valence electrons. The SMILES string of the molecule is NC(=O)Oc1ccc2[nH]c(-c3ccc(C(=O)c4ccc(Cl)cc4)cc3)nc2c1. The number of primary amides is 1. The first kappa shape index (κ1) is 17.8. The summed E-state index contributed by atoms with van der Waals surface area (Å²) in [5.41, 5.74) is 8.41. The number of H-pyrrole nitrogens is 1. The van der Waals surface area contributed by atoms with E-state index in [0.29, 0.717) is 33.2 Å². The molecule has 1 heterocycles. The van der Waals surface area contributed by atoms with Crippen molar-refractivity contribution < 1.29 is 14.3 Å². The minimum absolute atomic E-state index is 0.0823. The van der Waals surface area contributed by atoms with Gasteiger partial charge in [0.2, 0.25) is 0 Å². The number of ether oxygens (including phenoxy) is 1. The van der Waals surface area contributed by atoms with Crippen LogP contribution in [0.5, 0.6) is 5.75 Å². The Morgan fingerprint density at radius 1 is 0.929 bits per heavy atom. The zero-order valence-electron chi connectivity index (χ0n) is 14.5. The number of nitrogens with two attached hydrogens (primary N) is 1. The summed E-state index contributed by atoms with van der Waals surface area (Å²) in [6.45, 7) is 0. The molecule has 4 rings (SSSR count). The molecule has 0 fully saturated rings. The van der Waals surface area contributed by atoms with Gasteiger partial charge in [0.1, 0.15) is 11.6 Å². The Hall–Kier alpha value is -3.64. The van der Waals surface area contributed by atoms with Crippen molar-refractivity contribution in [3.63, 3.8) is 0 Å². The number of aromatic amines is 1. The number of ketones is 1. The summed E-state index contributed by atoms with van der Waals surface area (Å²) in [6, 6.07) is 18.9. The lowest BCUT2D eigenvalue weighted by Gasteiger charge is -2.03. The van der Waals surface area contributed by atoms with Gasteiger partial charge in [-0.25, -0.2) is 9.78 Å². The van der Waals surface area contributed by atoms with Crippen molar-refractivity contribution in [3.05, 3.63) is 82.9 Å². The smallest absolute Gasteiger partial charge is 0.409 e. The zero-order chi connectivity index (χ0) is 19.7. The van der Waals surface area contributed by atoms with Crippen LogP contribution in [0.4, 0.5) is 4.79 Å². The van der Waals surface area contributed by atoms with E-state index in [1.54, 1.807) is 54.6 Å². The first-order chi connectivity index (χ1) is 13.5. The highest BCUT2D eigenvalue weighted by molar-refractivity contribution is 6.30. The molecule has 0 saturated heterocycles. The van der Waals surface area contributed by atoms with Crippen molar-refractivity contribution in [2.45, 2.75) is 0 Å². The van der Waals surface area contributed by atoms with E-state index < -0.39 is 6.09 Å². The molecular weight excluding hydrogens is 378 g/mol. The Kier molecular flexibility index (Phi) is 4.55. The van der Waals surface area contributed by atoms with E-state index in [1.807, 2.05) is 12.1 Å². The lowest BCUT2D eigenvalue weighted by molar-refractivity contribution is 0.103. The average Bonchev–Trinajstić information content (AvgIpc) is 3.11. The van der Waals surface area contributed by atoms with Crippen LogP contribution in [-0.2, 0) is 0 Å². The predicted octanol–water partition coefficient (Wildman–Crippen LogP) is 4.57. The molecule has 3 aromatic carbocycles. The van der Waals surface area contributed by atoms with Gasteiger partial charge >= 0.3 is 6.09 Å². The van der Waals surface area contributed by atoms with E-state index in [0.717, 1.165) is 11.1 Å². The molecule has 28 heavy (non-hydrogen) atoms. The number of imidazole rings is 1. The van der Waals surface area contributed by atoms with Crippen LogP contribution in [0.2, 0.25) is 5.02 Å². The summed E-state index contributed by atoms with van der Waals surface area (Å²) in [5, 5.41) is 0.584. The van der Waals surface area contributed by atoms with Crippen LogP contribution in [0.1, 0.15) is 15.9 Å². The number of fused-ring (bicyclic) bond motifs is 1. The topological polar surface area (TPSA) is 98.1 Å². The van der Waals surface area contributed by atoms with E-state index >= 15 is 0 Å². The molecule has 0 radical (unpaired) electrons. The molecule has 0 aliphatic carbocycles. The standard InChI is InChI=1S/C21H14ClN3O3/c22-15-7-5-13(6-8-15)19(26)12-1-3-14(4-2-12)20-24-17-10-9-16(28-21(23)27)11-18(17)25-20/h1-11H,(H2,23,27)(H,24,25). The molecule has 0 unspecified atom stereocenters. The minimum Gasteiger partial charge on any atom is -0.410 e. The van der Waals surface area contributed by atoms with Crippen LogP contribution >= 0.6 is 11.6 Å². The summed E-state index contributed by atoms with van der Waals surface area (Å²) in [4.78, 5) is 31.1. The number of nitrogens with zero attached hydrogens (tertiary/aromatic N) is 1. The number of rotatable bonds is 4. The number of nitrogens with one attached hydrogen (secondary N) is 1. The summed E-state index contributed by atoms with van der Waals surface area (Å²) in [6.07, 6.45) is -0.879. The summed E-state index contributed by atoms with van der Waals surface area (Å²) < 4.78 is 4.87. The van der Waals surface area contributed by atoms with Crippen LogP contribution in [0.3, 0.4) is 0 Å². The fourth-order valence-electron chi connectivity index (χ4n) is 2.85. The summed E-state index contributed by atoms with van der Waals surface area (Å²) in [5.74, 6) is 0.875. The summed E-state index contributed by atoms with van der Waals surface area (Å²) >= 11 is 5.87. The number of hydrogen-bond donors (Lipinski definition) is 2. The number of carbonyl (C=O) groups excluding carboxylic acids is 2. The van der Waals surface area contributed by atoms with Crippen LogP contribution < -0.4 is 10.5 Å². The second-order valence-corrected chi connectivity index (χ2v) is 6.54. The fraction of sp³-hybridized carbons (Fsp3) is 0. The molecule has 7 heteroatoms. The first-order valence-electron chi connectivity index (χ1n) is 8.37. The maximum Gasteiger partial charge on any atom is 0.409 e. The van der Waals surface area contributed by atoms with Gasteiger partial charge in [-0.15, -0.1) is 0 Å². The first-order valence-corrected chi connectivity index (χ1v) is 8.75. The molecule has 0 spiro atoms. The Morgan fingerprint density at radius 3 is 2.21 bits per heavy atom. The average molecular weight is 392 g/mol. The highest BCUT2D eigenvalue weighted by Gasteiger charge is 2.11. The second kappa shape index (κ2) is 7.17. The van der Waals surface area contributed by atoms with Gasteiger partial charge in [0.25, 0.3) is 0 Å². The highest BCUT2D eigenvalue weighted by atomic mass is 35.5. The molecule has 4 aromatic rings. The maximum absolute atomic E-state index is 12.6. The lowest BCUT2D eigenvalue weighted by Crippen LogP contribution is -2.16. The third-order valence-corrected chi connectivity index (χ3v) is 4.45. The normalized spacial score (nSPS) is 10.8. The van der Waals surface area contributed by atoms with Gasteiger partial charge in [0.15, 0.2) is 5.78 Å². The van der Waals surface area contributed by atoms with E-state index in [-0.39, 0.29) is 5.78 Å². The molecule has 6 nitrogen and oxygen atoms in total. The van der Waals surface area contributed by atoms with Gasteiger partial charge in [0, 0.05) is 27.8 Å². The number of hydrogen-bond acceptors (Lipinski definition) is 4. The van der Waals surface area contributed by atoms with Gasteiger partial charge in [0.05, 0.1) is 11.0 Å². The molecule has 1 aromatic heterocycles. The second-order valence-electron chi connectivity index (χ2n) is 6.10. The van der Waals surface area contributed by atoms with Gasteiger partial charge in [-0.3, -0.25) is 4.79 Å². The number of amides is 1. The Balaban J connectivity index is 1.60. The van der Waals surface area contributed by atoms with E-state index in [1.165, 1.54) is 0 Å². The number of aromatic nitrogens is 2. The number of carbonyl (C=O) groups is 2. The Labute approximate surface area is 164 Å². The van der Waals surface area contributed by atoms with E-state index in [9.17, 15) is 9.59 Å². The van der Waals surface area contributed by atoms with Crippen molar-refractivity contribution in [1.29, 1.82) is 0 Å². The molecule has 0 saturated carbocycles. The van der Waals surface area contributed by atoms with Crippen LogP contribution in [0, 0.1) is 0 Å². The Bertz CT molecular complexity index is 1180. The maximum atomic E-state index is 12.6. The minimum atomic E-state index is -0.879. The molecule has 3 N–H and O–H groups in total. The molecule has 0 aliphatic rings. The van der Waals surface area contributed by atoms with Crippen molar-refractivity contribution in [2.75, 3.05) is 0 Å². The van der Waals surface area contributed by atoms with Gasteiger partial charge in [-0.05, 0) is 36.4 Å². The molecule has 0 atom stereocenters. The largest absolute Gasteiger partial charge is 0.410 e. The van der Waals surface area contributed by atoms with Crippen molar-refractivity contribution in [3.8, 4) is 17.1 Å². The monoisotopic (exact) mass is 391 g/mol. The van der Waals surface area contributed by atoms with E-state index in [2.05, 4.69) is 9.97 Å². The third-order valence-electron chi connectivity index (χ3n) is 4.20. The third kappa shape index (κ3) is 3.58. The molecule has 0 aliphatic heterocycles. The Morgan fingerprint density at radius 2 is 1.57 bits per heavy atom. The van der Waals surface area contributed by atoms with E-state index in [4.69, 9.17) is 22.1 Å².